The van der Waals surface area contributed by atoms with Crippen molar-refractivity contribution in [1.82, 2.24) is 15.2 Å². The summed E-state index contributed by atoms with van der Waals surface area (Å²) in [5, 5.41) is 15.1. The molecule has 2 aromatic rings. The number of hydrogen-bond acceptors (Lipinski definition) is 3. The van der Waals surface area contributed by atoms with Crippen LogP contribution >= 0.6 is 24.8 Å². The number of nitrogens with one attached hydrogen (secondary N) is 2. The number of para-hydroxylation sites is 1. The maximum Gasteiger partial charge on any atom is 0.0791 e. The van der Waals surface area contributed by atoms with E-state index < -0.39 is 0 Å². The van der Waals surface area contributed by atoms with Crippen LogP contribution in [-0.4, -0.2) is 46.3 Å². The standard InChI is InChI=1S/C19H29N3O.2ClH/c1-13-18-16(15-7-5-6-8-17(15)21-18)9-10-22(13)12-14(23)11-20-19(2,3)4;;/h5-8,13-14,20-21,23H,9-12H2,1-4H3;2*1H. The molecule has 6 heteroatoms. The number of rotatable bonds is 4. The molecular weight excluding hydrogens is 357 g/mol. The van der Waals surface area contributed by atoms with Gasteiger partial charge in [0.2, 0.25) is 0 Å². The second-order valence-corrected chi connectivity index (χ2v) is 7.77. The summed E-state index contributed by atoms with van der Waals surface area (Å²) in [6, 6.07) is 8.85. The molecular formula is C19H31Cl2N3O. The zero-order chi connectivity index (χ0) is 16.6. The third-order valence-electron chi connectivity index (χ3n) is 4.77. The highest BCUT2D eigenvalue weighted by molar-refractivity contribution is 5.86. The number of hydrogen-bond donors (Lipinski definition) is 3. The summed E-state index contributed by atoms with van der Waals surface area (Å²) in [4.78, 5) is 5.97. The fourth-order valence-corrected chi connectivity index (χ4v) is 3.49. The van der Waals surface area contributed by atoms with Gasteiger partial charge in [-0.3, -0.25) is 4.90 Å². The number of H-pyrrole nitrogens is 1. The monoisotopic (exact) mass is 387 g/mol. The number of aliphatic hydroxyl groups is 1. The summed E-state index contributed by atoms with van der Waals surface area (Å²) in [6.07, 6.45) is 0.700. The quantitative estimate of drug-likeness (QED) is 0.749. The molecule has 2 atom stereocenters. The van der Waals surface area contributed by atoms with Crippen molar-refractivity contribution in [2.24, 2.45) is 0 Å². The molecule has 0 spiro atoms. The number of aliphatic hydroxyl groups excluding tert-OH is 1. The molecule has 0 radical (unpaired) electrons. The minimum atomic E-state index is -0.345. The van der Waals surface area contributed by atoms with Crippen molar-refractivity contribution in [2.75, 3.05) is 19.6 Å². The Labute approximate surface area is 163 Å². The van der Waals surface area contributed by atoms with Crippen LogP contribution in [0, 0.1) is 0 Å². The number of fused-ring (bicyclic) bond motifs is 3. The van der Waals surface area contributed by atoms with Gasteiger partial charge in [-0.2, -0.15) is 0 Å². The Morgan fingerprint density at radius 1 is 1.28 bits per heavy atom. The predicted molar refractivity (Wildman–Crippen MR) is 110 cm³/mol. The smallest absolute Gasteiger partial charge is 0.0791 e. The molecule has 2 unspecified atom stereocenters. The molecule has 3 N–H and O–H groups in total. The van der Waals surface area contributed by atoms with Gasteiger partial charge in [-0.15, -0.1) is 24.8 Å². The van der Waals surface area contributed by atoms with E-state index in [2.05, 4.69) is 67.2 Å². The lowest BCUT2D eigenvalue weighted by atomic mass is 9.98. The van der Waals surface area contributed by atoms with Gasteiger partial charge in [-0.25, -0.2) is 0 Å². The number of halogens is 2. The van der Waals surface area contributed by atoms with Gasteiger partial charge in [-0.1, -0.05) is 18.2 Å². The molecule has 4 nitrogen and oxygen atoms in total. The van der Waals surface area contributed by atoms with E-state index in [4.69, 9.17) is 0 Å². The van der Waals surface area contributed by atoms with E-state index in [-0.39, 0.29) is 36.5 Å². The Balaban J connectivity index is 0.00000156. The summed E-state index contributed by atoms with van der Waals surface area (Å²) in [5.74, 6) is 0. The van der Waals surface area contributed by atoms with E-state index in [1.807, 2.05) is 0 Å². The van der Waals surface area contributed by atoms with Gasteiger partial charge in [0.05, 0.1) is 6.10 Å². The van der Waals surface area contributed by atoms with Gasteiger partial charge in [-0.05, 0) is 45.7 Å². The SMILES string of the molecule is CC1c2[nH]c3ccccc3c2CCN1CC(O)CNC(C)(C)C.Cl.Cl. The van der Waals surface area contributed by atoms with E-state index >= 15 is 0 Å². The zero-order valence-corrected chi connectivity index (χ0v) is 17.1. The lowest BCUT2D eigenvalue weighted by Crippen LogP contribution is -2.46. The first kappa shape index (κ1) is 22.3. The van der Waals surface area contributed by atoms with Crippen LogP contribution in [0.15, 0.2) is 24.3 Å². The lowest BCUT2D eigenvalue weighted by Gasteiger charge is -2.35. The maximum atomic E-state index is 10.4. The van der Waals surface area contributed by atoms with E-state index in [1.54, 1.807) is 0 Å². The van der Waals surface area contributed by atoms with Crippen LogP contribution in [0.4, 0.5) is 0 Å². The van der Waals surface area contributed by atoms with E-state index in [1.165, 1.54) is 22.2 Å². The Bertz CT molecular complexity index is 681. The molecule has 0 fully saturated rings. The summed E-state index contributed by atoms with van der Waals surface area (Å²) < 4.78 is 0. The molecule has 1 aliphatic heterocycles. The molecule has 3 rings (SSSR count). The molecule has 0 saturated heterocycles. The van der Waals surface area contributed by atoms with Gasteiger partial charge in [0.1, 0.15) is 0 Å². The molecule has 0 aliphatic carbocycles. The number of β-amino-alcohol motifs (C(OH)–C–C–N with tert-alkyl or cyclic N) is 1. The second-order valence-electron chi connectivity index (χ2n) is 7.77. The van der Waals surface area contributed by atoms with Gasteiger partial charge < -0.3 is 15.4 Å². The van der Waals surface area contributed by atoms with E-state index in [0.29, 0.717) is 19.1 Å². The number of benzene rings is 1. The highest BCUT2D eigenvalue weighted by atomic mass is 35.5. The largest absolute Gasteiger partial charge is 0.390 e. The summed E-state index contributed by atoms with van der Waals surface area (Å²) in [5.41, 5.74) is 4.03. The molecule has 1 aromatic carbocycles. The van der Waals surface area contributed by atoms with Crippen molar-refractivity contribution >= 4 is 35.7 Å². The third-order valence-corrected chi connectivity index (χ3v) is 4.77. The molecule has 0 bridgehead atoms. The first-order chi connectivity index (χ1) is 10.8. The van der Waals surface area contributed by atoms with Crippen molar-refractivity contribution in [3.05, 3.63) is 35.5 Å². The maximum absolute atomic E-state index is 10.4. The lowest BCUT2D eigenvalue weighted by molar-refractivity contribution is 0.0807. The van der Waals surface area contributed by atoms with Crippen LogP contribution in [-0.2, 0) is 6.42 Å². The molecule has 2 heterocycles. The molecule has 1 aliphatic rings. The van der Waals surface area contributed by atoms with Crippen molar-refractivity contribution in [2.45, 2.75) is 51.8 Å². The molecule has 0 amide bonds. The molecule has 25 heavy (non-hydrogen) atoms. The minimum absolute atomic E-state index is 0. The van der Waals surface area contributed by atoms with Crippen LogP contribution in [0.2, 0.25) is 0 Å². The van der Waals surface area contributed by atoms with Crippen molar-refractivity contribution in [1.29, 1.82) is 0 Å². The normalized spacial score (nSPS) is 19.0. The number of aromatic nitrogens is 1. The van der Waals surface area contributed by atoms with Crippen molar-refractivity contribution < 1.29 is 5.11 Å². The van der Waals surface area contributed by atoms with Crippen LogP contribution in [0.1, 0.15) is 45.0 Å². The van der Waals surface area contributed by atoms with Crippen molar-refractivity contribution in [3.63, 3.8) is 0 Å². The first-order valence-corrected chi connectivity index (χ1v) is 8.62. The molecule has 142 valence electrons. The number of aromatic amines is 1. The van der Waals surface area contributed by atoms with Gasteiger partial charge in [0.25, 0.3) is 0 Å². The molecule has 1 aromatic heterocycles. The fourth-order valence-electron chi connectivity index (χ4n) is 3.49. The average Bonchev–Trinajstić information content (AvgIpc) is 2.87. The van der Waals surface area contributed by atoms with Crippen LogP contribution in [0.25, 0.3) is 10.9 Å². The van der Waals surface area contributed by atoms with Gasteiger partial charge >= 0.3 is 0 Å². The highest BCUT2D eigenvalue weighted by Crippen LogP contribution is 2.34. The second kappa shape index (κ2) is 8.74. The summed E-state index contributed by atoms with van der Waals surface area (Å²) in [6.45, 7) is 10.9. The highest BCUT2D eigenvalue weighted by Gasteiger charge is 2.28. The van der Waals surface area contributed by atoms with Gasteiger partial charge in [0, 0.05) is 47.8 Å². The predicted octanol–water partition coefficient (Wildman–Crippen LogP) is 3.68. The Kier molecular flexibility index (Phi) is 7.78. The number of nitrogens with zero attached hydrogens (tertiary/aromatic N) is 1. The van der Waals surface area contributed by atoms with E-state index in [0.717, 1.165) is 13.0 Å². The summed E-state index contributed by atoms with van der Waals surface area (Å²) in [7, 11) is 0. The van der Waals surface area contributed by atoms with E-state index in [9.17, 15) is 5.11 Å². The Hall–Kier alpha value is -0.780. The van der Waals surface area contributed by atoms with Crippen LogP contribution < -0.4 is 5.32 Å². The minimum Gasteiger partial charge on any atom is -0.390 e. The fraction of sp³-hybridized carbons (Fsp3) is 0.579. The Morgan fingerprint density at radius 3 is 2.64 bits per heavy atom. The van der Waals surface area contributed by atoms with Gasteiger partial charge in [0.15, 0.2) is 0 Å². The topological polar surface area (TPSA) is 51.3 Å². The average molecular weight is 388 g/mol. The first-order valence-electron chi connectivity index (χ1n) is 8.62. The third kappa shape index (κ3) is 5.11. The van der Waals surface area contributed by atoms with Crippen molar-refractivity contribution in [3.8, 4) is 0 Å². The molecule has 0 saturated carbocycles. The van der Waals surface area contributed by atoms with Crippen LogP contribution in [0.3, 0.4) is 0 Å². The van der Waals surface area contributed by atoms with Crippen LogP contribution in [0.5, 0.6) is 0 Å². The summed E-state index contributed by atoms with van der Waals surface area (Å²) >= 11 is 0. The Morgan fingerprint density at radius 2 is 1.96 bits per heavy atom. The zero-order valence-electron chi connectivity index (χ0n) is 15.5.